The van der Waals surface area contributed by atoms with Crippen LogP contribution in [0.4, 0.5) is 0 Å². The second-order valence-electron chi connectivity index (χ2n) is 3.51. The van der Waals surface area contributed by atoms with Gasteiger partial charge in [0.15, 0.2) is 0 Å². The fourth-order valence-corrected chi connectivity index (χ4v) is 1.47. The van der Waals surface area contributed by atoms with Gasteiger partial charge in [0.25, 0.3) is 0 Å². The predicted molar refractivity (Wildman–Crippen MR) is 65.8 cm³/mol. The Kier molecular flexibility index (Phi) is 4.23. The summed E-state index contributed by atoms with van der Waals surface area (Å²) in [5.74, 6) is 0. The van der Waals surface area contributed by atoms with Crippen molar-refractivity contribution >= 4 is 11.9 Å². The highest BCUT2D eigenvalue weighted by molar-refractivity contribution is 5.55. The number of imidazole rings is 1. The first-order chi connectivity index (χ1) is 7.70. The molecule has 3 heteroatoms. The maximum Gasteiger partial charge on any atom is 0.137 e. The largest absolute Gasteiger partial charge is 0.307 e. The molecule has 0 N–H and O–H groups in total. The lowest BCUT2D eigenvalue weighted by Gasteiger charge is -1.99. The summed E-state index contributed by atoms with van der Waals surface area (Å²) in [5.41, 5.74) is 4.18. The van der Waals surface area contributed by atoms with Gasteiger partial charge in [-0.3, -0.25) is 0 Å². The topological polar surface area (TPSA) is 34.4 Å². The summed E-state index contributed by atoms with van der Waals surface area (Å²) in [6, 6.07) is 2.03. The van der Waals surface area contributed by atoms with E-state index in [0.717, 1.165) is 17.6 Å². The molecule has 16 heavy (non-hydrogen) atoms. The zero-order valence-corrected chi connectivity index (χ0v) is 10.3. The Hall–Kier alpha value is -1.64. The van der Waals surface area contributed by atoms with Crippen LogP contribution in [0.25, 0.3) is 5.65 Å². The lowest BCUT2D eigenvalue weighted by molar-refractivity contribution is -0.107. The average molecular weight is 218 g/mol. The van der Waals surface area contributed by atoms with Crippen molar-refractivity contribution in [3.63, 3.8) is 0 Å². The van der Waals surface area contributed by atoms with Gasteiger partial charge in [-0.15, -0.1) is 0 Å². The van der Waals surface area contributed by atoms with Crippen LogP contribution >= 0.6 is 0 Å². The maximum absolute atomic E-state index is 10.3. The Morgan fingerprint density at radius 1 is 1.25 bits per heavy atom. The molecule has 0 aromatic carbocycles. The number of pyridine rings is 1. The standard InChI is InChI=1S/C11H12N2O.C2H6/c1-8-5-11-12-10(3-4-14)7-13(11)6-9(8)2;1-2/h4-7H,3H2,1-2H3;1-2H3. The monoisotopic (exact) mass is 218 g/mol. The Morgan fingerprint density at radius 3 is 2.56 bits per heavy atom. The van der Waals surface area contributed by atoms with Crippen molar-refractivity contribution in [2.45, 2.75) is 34.1 Å². The van der Waals surface area contributed by atoms with Gasteiger partial charge in [-0.1, -0.05) is 13.8 Å². The highest BCUT2D eigenvalue weighted by atomic mass is 16.1. The number of carbonyl (C=O) groups is 1. The van der Waals surface area contributed by atoms with Gasteiger partial charge in [-0.25, -0.2) is 4.98 Å². The smallest absolute Gasteiger partial charge is 0.137 e. The minimum atomic E-state index is 0.389. The zero-order chi connectivity index (χ0) is 12.1. The molecule has 3 nitrogen and oxygen atoms in total. The van der Waals surface area contributed by atoms with Crippen LogP contribution in [-0.4, -0.2) is 15.7 Å². The lowest BCUT2D eigenvalue weighted by Crippen LogP contribution is -1.87. The molecule has 2 heterocycles. The van der Waals surface area contributed by atoms with Crippen LogP contribution in [0.1, 0.15) is 30.7 Å². The first kappa shape index (κ1) is 12.4. The van der Waals surface area contributed by atoms with Crippen molar-refractivity contribution in [1.82, 2.24) is 9.38 Å². The summed E-state index contributed by atoms with van der Waals surface area (Å²) in [6.07, 6.45) is 5.20. The van der Waals surface area contributed by atoms with Crippen LogP contribution in [0.3, 0.4) is 0 Å². The number of hydrogen-bond donors (Lipinski definition) is 0. The predicted octanol–water partition coefficient (Wildman–Crippen LogP) is 2.72. The van der Waals surface area contributed by atoms with Crippen LogP contribution in [0.5, 0.6) is 0 Å². The molecule has 0 fully saturated rings. The van der Waals surface area contributed by atoms with Gasteiger partial charge in [-0.05, 0) is 31.0 Å². The maximum atomic E-state index is 10.3. The van der Waals surface area contributed by atoms with E-state index >= 15 is 0 Å². The molecule has 0 saturated carbocycles. The van der Waals surface area contributed by atoms with Crippen LogP contribution in [-0.2, 0) is 11.2 Å². The van der Waals surface area contributed by atoms with Gasteiger partial charge in [0.05, 0.1) is 5.69 Å². The molecule has 0 atom stereocenters. The van der Waals surface area contributed by atoms with Crippen molar-refractivity contribution in [3.05, 3.63) is 35.3 Å². The normalized spacial score (nSPS) is 9.75. The molecule has 0 aliphatic carbocycles. The summed E-state index contributed by atoms with van der Waals surface area (Å²) in [4.78, 5) is 14.7. The van der Waals surface area contributed by atoms with Crippen molar-refractivity contribution in [2.24, 2.45) is 0 Å². The molecular formula is C13H18N2O. The zero-order valence-electron chi connectivity index (χ0n) is 10.3. The van der Waals surface area contributed by atoms with Crippen LogP contribution in [0.15, 0.2) is 18.5 Å². The summed E-state index contributed by atoms with van der Waals surface area (Å²) >= 11 is 0. The second-order valence-corrected chi connectivity index (χ2v) is 3.51. The van der Waals surface area contributed by atoms with E-state index in [-0.39, 0.29) is 0 Å². The van der Waals surface area contributed by atoms with Crippen molar-refractivity contribution in [2.75, 3.05) is 0 Å². The van der Waals surface area contributed by atoms with E-state index in [1.54, 1.807) is 0 Å². The molecular weight excluding hydrogens is 200 g/mol. The fourth-order valence-electron chi connectivity index (χ4n) is 1.47. The minimum Gasteiger partial charge on any atom is -0.307 e. The molecule has 0 bridgehead atoms. The highest BCUT2D eigenvalue weighted by Crippen LogP contribution is 2.11. The summed E-state index contributed by atoms with van der Waals surface area (Å²) in [6.45, 7) is 8.12. The molecule has 86 valence electrons. The van der Waals surface area contributed by atoms with E-state index in [4.69, 9.17) is 0 Å². The number of hydrogen-bond acceptors (Lipinski definition) is 2. The molecule has 2 aromatic heterocycles. The third-order valence-corrected chi connectivity index (χ3v) is 2.40. The van der Waals surface area contributed by atoms with Gasteiger partial charge in [0.1, 0.15) is 11.9 Å². The van der Waals surface area contributed by atoms with Gasteiger partial charge in [0, 0.05) is 18.8 Å². The number of rotatable bonds is 2. The Bertz CT molecular complexity index is 447. The van der Waals surface area contributed by atoms with Gasteiger partial charge < -0.3 is 9.20 Å². The molecule has 0 radical (unpaired) electrons. The van der Waals surface area contributed by atoms with E-state index < -0.39 is 0 Å². The van der Waals surface area contributed by atoms with Crippen molar-refractivity contribution in [1.29, 1.82) is 0 Å². The number of aryl methyl sites for hydroxylation is 2. The molecule has 2 aromatic rings. The quantitative estimate of drug-likeness (QED) is 0.726. The Balaban J connectivity index is 0.000000606. The van der Waals surface area contributed by atoms with Crippen LogP contribution in [0, 0.1) is 13.8 Å². The first-order valence-electron chi connectivity index (χ1n) is 5.59. The fraction of sp³-hybridized carbons (Fsp3) is 0.385. The number of aldehydes is 1. The average Bonchev–Trinajstić information content (AvgIpc) is 2.64. The molecule has 2 rings (SSSR count). The third-order valence-electron chi connectivity index (χ3n) is 2.40. The summed E-state index contributed by atoms with van der Waals surface area (Å²) < 4.78 is 1.96. The van der Waals surface area contributed by atoms with Crippen molar-refractivity contribution < 1.29 is 4.79 Å². The first-order valence-corrected chi connectivity index (χ1v) is 5.59. The van der Waals surface area contributed by atoms with Crippen molar-refractivity contribution in [3.8, 4) is 0 Å². The lowest BCUT2D eigenvalue weighted by atomic mass is 10.2. The molecule has 0 saturated heterocycles. The van der Waals surface area contributed by atoms with E-state index in [2.05, 4.69) is 18.8 Å². The minimum absolute atomic E-state index is 0.389. The highest BCUT2D eigenvalue weighted by Gasteiger charge is 2.02. The van der Waals surface area contributed by atoms with E-state index in [0.29, 0.717) is 6.42 Å². The summed E-state index contributed by atoms with van der Waals surface area (Å²) in [5, 5.41) is 0. The molecule has 0 unspecified atom stereocenters. The molecule has 0 spiro atoms. The number of aromatic nitrogens is 2. The van der Waals surface area contributed by atoms with E-state index in [1.165, 1.54) is 11.1 Å². The van der Waals surface area contributed by atoms with Gasteiger partial charge >= 0.3 is 0 Å². The van der Waals surface area contributed by atoms with E-state index in [9.17, 15) is 4.79 Å². The van der Waals surface area contributed by atoms with Crippen LogP contribution in [0.2, 0.25) is 0 Å². The second kappa shape index (κ2) is 5.45. The Morgan fingerprint density at radius 2 is 1.94 bits per heavy atom. The van der Waals surface area contributed by atoms with E-state index in [1.807, 2.05) is 36.7 Å². The summed E-state index contributed by atoms with van der Waals surface area (Å²) in [7, 11) is 0. The third kappa shape index (κ3) is 2.48. The molecule has 0 aliphatic rings. The number of carbonyl (C=O) groups excluding carboxylic acids is 1. The van der Waals surface area contributed by atoms with Crippen LogP contribution < -0.4 is 0 Å². The van der Waals surface area contributed by atoms with Gasteiger partial charge in [-0.2, -0.15) is 0 Å². The van der Waals surface area contributed by atoms with Gasteiger partial charge in [0.2, 0.25) is 0 Å². The molecule has 0 aliphatic heterocycles. The SMILES string of the molecule is CC.Cc1cc2nc(CC=O)cn2cc1C. The number of nitrogens with zero attached hydrogens (tertiary/aromatic N) is 2. The Labute approximate surface area is 96.1 Å². The number of fused-ring (bicyclic) bond motifs is 1. The molecule has 0 amide bonds.